The van der Waals surface area contributed by atoms with Gasteiger partial charge in [-0.3, -0.25) is 0 Å². The molecular weight excluding hydrogens is 196 g/mol. The average molecular weight is 209 g/mol. The van der Waals surface area contributed by atoms with Gasteiger partial charge in [-0.2, -0.15) is 0 Å². The van der Waals surface area contributed by atoms with Gasteiger partial charge in [0.2, 0.25) is 0 Å². The Bertz CT molecular complexity index is 445. The quantitative estimate of drug-likeness (QED) is 0.808. The van der Waals surface area contributed by atoms with Crippen LogP contribution in [0.5, 0.6) is 0 Å². The van der Waals surface area contributed by atoms with E-state index in [0.717, 1.165) is 17.1 Å². The molecule has 1 aromatic carbocycles. The third kappa shape index (κ3) is 1.76. The summed E-state index contributed by atoms with van der Waals surface area (Å²) in [4.78, 5) is 0. The first kappa shape index (κ1) is 9.56. The van der Waals surface area contributed by atoms with E-state index in [9.17, 15) is 0 Å². The van der Waals surface area contributed by atoms with Gasteiger partial charge in [-0.25, -0.2) is 0 Å². The molecule has 74 valence electrons. The van der Waals surface area contributed by atoms with Crippen LogP contribution in [0.2, 0.25) is 5.02 Å². The Morgan fingerprint density at radius 1 is 1.43 bits per heavy atom. The highest BCUT2D eigenvalue weighted by Crippen LogP contribution is 2.20. The predicted octanol–water partition coefficient (Wildman–Crippen LogP) is 2.64. The molecule has 2 N–H and O–H groups in total. The molecule has 2 nitrogen and oxygen atoms in total. The summed E-state index contributed by atoms with van der Waals surface area (Å²) < 4.78 is 2.13. The number of nitrogens with zero attached hydrogens (tertiary/aromatic N) is 1. The number of aromatic nitrogens is 1. The van der Waals surface area contributed by atoms with Crippen LogP contribution in [0, 0.1) is 0 Å². The molecule has 14 heavy (non-hydrogen) atoms. The lowest BCUT2D eigenvalue weighted by Crippen LogP contribution is -2.21. The Kier molecular flexibility index (Phi) is 2.48. The highest BCUT2D eigenvalue weighted by molar-refractivity contribution is 6.31. The van der Waals surface area contributed by atoms with Crippen molar-refractivity contribution in [3.05, 3.63) is 35.5 Å². The Balaban J connectivity index is 2.50. The first-order valence-corrected chi connectivity index (χ1v) is 5.04. The van der Waals surface area contributed by atoms with E-state index in [-0.39, 0.29) is 6.04 Å². The third-order valence-electron chi connectivity index (χ3n) is 2.22. The fourth-order valence-electron chi connectivity index (χ4n) is 1.63. The van der Waals surface area contributed by atoms with Crippen molar-refractivity contribution in [1.82, 2.24) is 4.57 Å². The van der Waals surface area contributed by atoms with Crippen molar-refractivity contribution in [2.24, 2.45) is 5.73 Å². The Morgan fingerprint density at radius 3 is 2.93 bits per heavy atom. The van der Waals surface area contributed by atoms with Crippen LogP contribution in [0.15, 0.2) is 30.5 Å². The van der Waals surface area contributed by atoms with Crippen LogP contribution in [0.25, 0.3) is 10.9 Å². The number of hydrogen-bond donors (Lipinski definition) is 1. The highest BCUT2D eigenvalue weighted by Gasteiger charge is 2.02. The van der Waals surface area contributed by atoms with E-state index >= 15 is 0 Å². The van der Waals surface area contributed by atoms with Crippen LogP contribution in [0.3, 0.4) is 0 Å². The molecule has 1 aromatic heterocycles. The van der Waals surface area contributed by atoms with Crippen molar-refractivity contribution in [1.29, 1.82) is 0 Å². The molecule has 2 rings (SSSR count). The first-order valence-electron chi connectivity index (χ1n) is 4.67. The zero-order valence-corrected chi connectivity index (χ0v) is 8.83. The average Bonchev–Trinajstić information content (AvgIpc) is 2.47. The van der Waals surface area contributed by atoms with Gasteiger partial charge in [0.25, 0.3) is 0 Å². The molecule has 0 aliphatic rings. The summed E-state index contributed by atoms with van der Waals surface area (Å²) in [7, 11) is 0. The lowest BCUT2D eigenvalue weighted by Gasteiger charge is -2.08. The van der Waals surface area contributed by atoms with Crippen LogP contribution in [0.1, 0.15) is 6.92 Å². The highest BCUT2D eigenvalue weighted by atomic mass is 35.5. The van der Waals surface area contributed by atoms with Gasteiger partial charge < -0.3 is 10.3 Å². The van der Waals surface area contributed by atoms with Crippen LogP contribution >= 0.6 is 11.6 Å². The smallest absolute Gasteiger partial charge is 0.0495 e. The molecule has 0 saturated heterocycles. The second kappa shape index (κ2) is 3.64. The predicted molar refractivity (Wildman–Crippen MR) is 60.6 cm³/mol. The van der Waals surface area contributed by atoms with Gasteiger partial charge in [0, 0.05) is 29.3 Å². The van der Waals surface area contributed by atoms with Crippen LogP contribution in [0.4, 0.5) is 0 Å². The zero-order valence-electron chi connectivity index (χ0n) is 8.07. The fourth-order valence-corrected chi connectivity index (χ4v) is 1.79. The van der Waals surface area contributed by atoms with Crippen LogP contribution < -0.4 is 5.73 Å². The molecule has 0 radical (unpaired) electrons. The number of rotatable bonds is 2. The Hall–Kier alpha value is -0.990. The summed E-state index contributed by atoms with van der Waals surface area (Å²) in [6.45, 7) is 2.82. The molecule has 0 fully saturated rings. The van der Waals surface area contributed by atoms with Crippen LogP contribution in [-0.4, -0.2) is 10.6 Å². The van der Waals surface area contributed by atoms with Crippen molar-refractivity contribution in [2.45, 2.75) is 19.5 Å². The summed E-state index contributed by atoms with van der Waals surface area (Å²) in [5, 5.41) is 1.97. The molecular formula is C11H13ClN2. The minimum absolute atomic E-state index is 0.157. The molecule has 1 heterocycles. The molecule has 1 atom stereocenters. The molecule has 0 spiro atoms. The van der Waals surface area contributed by atoms with E-state index in [1.54, 1.807) is 0 Å². The second-order valence-corrected chi connectivity index (χ2v) is 4.08. The Morgan fingerprint density at radius 2 is 2.21 bits per heavy atom. The Labute approximate surface area is 88.3 Å². The van der Waals surface area contributed by atoms with Gasteiger partial charge >= 0.3 is 0 Å². The monoisotopic (exact) mass is 208 g/mol. The van der Waals surface area contributed by atoms with Gasteiger partial charge in [-0.15, -0.1) is 0 Å². The summed E-state index contributed by atoms with van der Waals surface area (Å²) in [5.41, 5.74) is 6.91. The molecule has 0 bridgehead atoms. The van der Waals surface area contributed by atoms with Crippen molar-refractivity contribution >= 4 is 22.5 Å². The second-order valence-electron chi connectivity index (χ2n) is 3.65. The van der Waals surface area contributed by atoms with E-state index in [2.05, 4.69) is 10.6 Å². The van der Waals surface area contributed by atoms with Crippen molar-refractivity contribution in [3.8, 4) is 0 Å². The number of fused-ring (bicyclic) bond motifs is 1. The summed E-state index contributed by atoms with van der Waals surface area (Å²) in [6, 6.07) is 8.13. The molecule has 3 heteroatoms. The molecule has 0 unspecified atom stereocenters. The number of benzene rings is 1. The topological polar surface area (TPSA) is 30.9 Å². The summed E-state index contributed by atoms with van der Waals surface area (Å²) in [5.74, 6) is 0. The lowest BCUT2D eigenvalue weighted by molar-refractivity contribution is 0.605. The number of hydrogen-bond acceptors (Lipinski definition) is 1. The van der Waals surface area contributed by atoms with Crippen molar-refractivity contribution in [2.75, 3.05) is 0 Å². The lowest BCUT2D eigenvalue weighted by atomic mass is 10.2. The maximum atomic E-state index is 5.94. The van der Waals surface area contributed by atoms with Gasteiger partial charge in [0.05, 0.1) is 0 Å². The third-order valence-corrected chi connectivity index (χ3v) is 2.46. The maximum Gasteiger partial charge on any atom is 0.0495 e. The minimum Gasteiger partial charge on any atom is -0.346 e. The van der Waals surface area contributed by atoms with E-state index in [0.29, 0.717) is 0 Å². The van der Waals surface area contributed by atoms with E-state index in [4.69, 9.17) is 17.3 Å². The summed E-state index contributed by atoms with van der Waals surface area (Å²) in [6.07, 6.45) is 2.05. The molecule has 0 amide bonds. The van der Waals surface area contributed by atoms with Crippen LogP contribution in [-0.2, 0) is 6.54 Å². The SMILES string of the molecule is C[C@H](N)Cn1ccc2ccc(Cl)cc21. The van der Waals surface area contributed by atoms with Crippen molar-refractivity contribution in [3.63, 3.8) is 0 Å². The van der Waals surface area contributed by atoms with E-state index in [1.807, 2.05) is 31.3 Å². The molecule has 0 aliphatic carbocycles. The summed E-state index contributed by atoms with van der Waals surface area (Å²) >= 11 is 5.94. The standard InChI is InChI=1S/C11H13ClN2/c1-8(13)7-14-5-4-9-2-3-10(12)6-11(9)14/h2-6,8H,7,13H2,1H3/t8-/m0/s1. The molecule has 2 aromatic rings. The zero-order chi connectivity index (χ0) is 10.1. The van der Waals surface area contributed by atoms with E-state index < -0.39 is 0 Å². The largest absolute Gasteiger partial charge is 0.346 e. The molecule has 0 aliphatic heterocycles. The molecule has 0 saturated carbocycles. The minimum atomic E-state index is 0.157. The normalized spacial score (nSPS) is 13.4. The number of halogens is 1. The first-order chi connectivity index (χ1) is 6.66. The van der Waals surface area contributed by atoms with Gasteiger partial charge in [0.15, 0.2) is 0 Å². The van der Waals surface area contributed by atoms with Crippen molar-refractivity contribution < 1.29 is 0 Å². The van der Waals surface area contributed by atoms with E-state index in [1.165, 1.54) is 5.39 Å². The number of nitrogens with two attached hydrogens (primary N) is 1. The van der Waals surface area contributed by atoms with Gasteiger partial charge in [-0.05, 0) is 30.5 Å². The maximum absolute atomic E-state index is 5.94. The van der Waals surface area contributed by atoms with Gasteiger partial charge in [-0.1, -0.05) is 17.7 Å². The van der Waals surface area contributed by atoms with Gasteiger partial charge in [0.1, 0.15) is 0 Å². The fraction of sp³-hybridized carbons (Fsp3) is 0.273.